The van der Waals surface area contributed by atoms with Crippen molar-refractivity contribution in [2.45, 2.75) is 39.3 Å². The molecule has 5 heteroatoms. The van der Waals surface area contributed by atoms with E-state index in [4.69, 9.17) is 10.7 Å². The number of thiazole rings is 1. The number of rotatable bonds is 6. The van der Waals surface area contributed by atoms with Crippen molar-refractivity contribution >= 4 is 32.4 Å². The molecule has 21 heavy (non-hydrogen) atoms. The van der Waals surface area contributed by atoms with Crippen LogP contribution in [0.1, 0.15) is 42.3 Å². The number of nitrogens with two attached hydrogens (primary N) is 1. The van der Waals surface area contributed by atoms with Gasteiger partial charge in [-0.1, -0.05) is 41.9 Å². The highest BCUT2D eigenvalue weighted by atomic mass is 79.9. The molecule has 1 aromatic carbocycles. The number of aromatic nitrogens is 1. The van der Waals surface area contributed by atoms with Crippen molar-refractivity contribution in [3.63, 3.8) is 0 Å². The van der Waals surface area contributed by atoms with Crippen LogP contribution in [-0.4, -0.2) is 12.0 Å². The number of anilines is 1. The van der Waals surface area contributed by atoms with E-state index in [2.05, 4.69) is 59.9 Å². The first-order chi connectivity index (χ1) is 10.0. The van der Waals surface area contributed by atoms with Crippen LogP contribution in [0.25, 0.3) is 0 Å². The van der Waals surface area contributed by atoms with E-state index in [9.17, 15) is 0 Å². The van der Waals surface area contributed by atoms with Crippen molar-refractivity contribution in [2.75, 3.05) is 11.9 Å². The van der Waals surface area contributed by atoms with Gasteiger partial charge in [0.2, 0.25) is 0 Å². The fourth-order valence-electron chi connectivity index (χ4n) is 2.22. The van der Waals surface area contributed by atoms with Gasteiger partial charge in [-0.15, -0.1) is 11.3 Å². The number of benzene rings is 1. The Bertz CT molecular complexity index is 597. The Morgan fingerprint density at radius 2 is 2.19 bits per heavy atom. The lowest BCUT2D eigenvalue weighted by Crippen LogP contribution is -2.16. The summed E-state index contributed by atoms with van der Waals surface area (Å²) in [7, 11) is 2.08. The molecule has 114 valence electrons. The fraction of sp³-hybridized carbons (Fsp3) is 0.438. The first kappa shape index (κ1) is 16.5. The van der Waals surface area contributed by atoms with Crippen LogP contribution < -0.4 is 10.6 Å². The summed E-state index contributed by atoms with van der Waals surface area (Å²) in [5, 5.41) is 1.05. The molecule has 0 amide bonds. The van der Waals surface area contributed by atoms with Crippen LogP contribution in [-0.2, 0) is 13.1 Å². The predicted molar refractivity (Wildman–Crippen MR) is 95.0 cm³/mol. The van der Waals surface area contributed by atoms with Gasteiger partial charge >= 0.3 is 0 Å². The zero-order chi connectivity index (χ0) is 15.4. The Balaban J connectivity index is 2.19. The monoisotopic (exact) mass is 367 g/mol. The summed E-state index contributed by atoms with van der Waals surface area (Å²) in [6.07, 6.45) is 1.09. The van der Waals surface area contributed by atoms with Gasteiger partial charge in [-0.25, -0.2) is 4.98 Å². The third-order valence-electron chi connectivity index (χ3n) is 3.62. The quantitative estimate of drug-likeness (QED) is 0.816. The van der Waals surface area contributed by atoms with Gasteiger partial charge in [0, 0.05) is 29.5 Å². The molecule has 0 spiro atoms. The summed E-state index contributed by atoms with van der Waals surface area (Å²) in [6, 6.07) is 8.38. The molecule has 1 aromatic heterocycles. The average molecular weight is 368 g/mol. The molecule has 2 aromatic rings. The van der Waals surface area contributed by atoms with Gasteiger partial charge in [-0.3, -0.25) is 0 Å². The zero-order valence-corrected chi connectivity index (χ0v) is 15.2. The smallest absolute Gasteiger partial charge is 0.185 e. The van der Waals surface area contributed by atoms with E-state index in [0.717, 1.165) is 22.6 Å². The van der Waals surface area contributed by atoms with Gasteiger partial charge in [0.1, 0.15) is 0 Å². The maximum absolute atomic E-state index is 5.87. The largest absolute Gasteiger partial charge is 0.347 e. The van der Waals surface area contributed by atoms with Crippen LogP contribution in [0.2, 0.25) is 0 Å². The molecule has 0 aliphatic rings. The third kappa shape index (κ3) is 4.05. The maximum Gasteiger partial charge on any atom is 0.185 e. The van der Waals surface area contributed by atoms with E-state index in [1.54, 1.807) is 11.3 Å². The van der Waals surface area contributed by atoms with E-state index in [1.165, 1.54) is 16.1 Å². The Morgan fingerprint density at radius 1 is 1.43 bits per heavy atom. The van der Waals surface area contributed by atoms with Crippen molar-refractivity contribution in [2.24, 2.45) is 5.73 Å². The lowest BCUT2D eigenvalue weighted by molar-refractivity contribution is 0.702. The lowest BCUT2D eigenvalue weighted by atomic mass is 10.0. The van der Waals surface area contributed by atoms with Crippen molar-refractivity contribution in [1.82, 2.24) is 4.98 Å². The van der Waals surface area contributed by atoms with Gasteiger partial charge in [-0.05, 0) is 30.0 Å². The summed E-state index contributed by atoms with van der Waals surface area (Å²) < 4.78 is 1.11. The topological polar surface area (TPSA) is 42.2 Å². The molecule has 0 aliphatic carbocycles. The molecule has 0 radical (unpaired) electrons. The zero-order valence-electron chi connectivity index (χ0n) is 12.8. The Labute approximate surface area is 139 Å². The highest BCUT2D eigenvalue weighted by Crippen LogP contribution is 2.32. The number of halogens is 1. The summed E-state index contributed by atoms with van der Waals surface area (Å²) in [5.74, 6) is 0.466. The van der Waals surface area contributed by atoms with Gasteiger partial charge < -0.3 is 10.6 Å². The first-order valence-corrected chi connectivity index (χ1v) is 8.81. The molecular formula is C16H22BrN3S. The number of hydrogen-bond donors (Lipinski definition) is 1. The molecule has 0 saturated heterocycles. The first-order valence-electron chi connectivity index (χ1n) is 7.20. The molecule has 3 nitrogen and oxygen atoms in total. The predicted octanol–water partition coefficient (Wildman–Crippen LogP) is 4.51. The van der Waals surface area contributed by atoms with Crippen molar-refractivity contribution in [3.8, 4) is 0 Å². The normalized spacial score (nSPS) is 12.4. The van der Waals surface area contributed by atoms with Crippen LogP contribution in [0.15, 0.2) is 28.7 Å². The van der Waals surface area contributed by atoms with E-state index >= 15 is 0 Å². The summed E-state index contributed by atoms with van der Waals surface area (Å²) in [5.41, 5.74) is 8.31. The molecular weight excluding hydrogens is 346 g/mol. The number of hydrogen-bond acceptors (Lipinski definition) is 4. The standard InChI is InChI=1S/C16H22BrN3S/c1-4-11(2)15-14(9-18)21-16(19-15)20(3)10-12-6-5-7-13(17)8-12/h5-8,11H,4,9-10,18H2,1-3H3. The molecule has 0 bridgehead atoms. The van der Waals surface area contributed by atoms with Gasteiger partial charge in [0.15, 0.2) is 5.13 Å². The van der Waals surface area contributed by atoms with Crippen LogP contribution in [0, 0.1) is 0 Å². The second kappa shape index (κ2) is 7.38. The minimum absolute atomic E-state index is 0.466. The van der Waals surface area contributed by atoms with E-state index in [1.807, 2.05) is 6.07 Å². The summed E-state index contributed by atoms with van der Waals surface area (Å²) >= 11 is 5.23. The molecule has 0 saturated carbocycles. The van der Waals surface area contributed by atoms with E-state index in [-0.39, 0.29) is 0 Å². The fourth-order valence-corrected chi connectivity index (χ4v) is 3.68. The summed E-state index contributed by atoms with van der Waals surface area (Å²) in [6.45, 7) is 5.82. The number of nitrogens with zero attached hydrogens (tertiary/aromatic N) is 2. The van der Waals surface area contributed by atoms with Crippen LogP contribution in [0.3, 0.4) is 0 Å². The van der Waals surface area contributed by atoms with E-state index < -0.39 is 0 Å². The van der Waals surface area contributed by atoms with Crippen LogP contribution in [0.4, 0.5) is 5.13 Å². The van der Waals surface area contributed by atoms with Crippen molar-refractivity contribution < 1.29 is 0 Å². The molecule has 0 fully saturated rings. The average Bonchev–Trinajstić information content (AvgIpc) is 2.90. The Kier molecular flexibility index (Phi) is 5.79. The van der Waals surface area contributed by atoms with Gasteiger partial charge in [-0.2, -0.15) is 0 Å². The second-order valence-corrected chi connectivity index (χ2v) is 7.28. The summed E-state index contributed by atoms with van der Waals surface area (Å²) in [4.78, 5) is 8.22. The van der Waals surface area contributed by atoms with E-state index in [0.29, 0.717) is 12.5 Å². The highest BCUT2D eigenvalue weighted by molar-refractivity contribution is 9.10. The Hall–Kier alpha value is -0.910. The molecule has 0 aliphatic heterocycles. The van der Waals surface area contributed by atoms with Crippen molar-refractivity contribution in [3.05, 3.63) is 44.9 Å². The molecule has 2 N–H and O–H groups in total. The highest BCUT2D eigenvalue weighted by Gasteiger charge is 2.17. The minimum Gasteiger partial charge on any atom is -0.347 e. The van der Waals surface area contributed by atoms with Crippen LogP contribution >= 0.6 is 27.3 Å². The Morgan fingerprint density at radius 3 is 2.81 bits per heavy atom. The molecule has 1 heterocycles. The second-order valence-electron chi connectivity index (χ2n) is 5.30. The lowest BCUT2D eigenvalue weighted by Gasteiger charge is -2.16. The molecule has 2 rings (SSSR count). The SMILES string of the molecule is CCC(C)c1nc(N(C)Cc2cccc(Br)c2)sc1CN. The maximum atomic E-state index is 5.87. The van der Waals surface area contributed by atoms with Crippen molar-refractivity contribution in [1.29, 1.82) is 0 Å². The van der Waals surface area contributed by atoms with Crippen LogP contribution in [0.5, 0.6) is 0 Å². The minimum atomic E-state index is 0.466. The van der Waals surface area contributed by atoms with Gasteiger partial charge in [0.25, 0.3) is 0 Å². The molecule has 1 atom stereocenters. The van der Waals surface area contributed by atoms with Gasteiger partial charge in [0.05, 0.1) is 5.69 Å². The molecule has 1 unspecified atom stereocenters. The third-order valence-corrected chi connectivity index (χ3v) is 5.32.